The molecule has 0 spiro atoms. The number of fused-ring (bicyclic) bond motifs is 1. The Morgan fingerprint density at radius 3 is 2.89 bits per heavy atom. The quantitative estimate of drug-likeness (QED) is 0.730. The summed E-state index contributed by atoms with van der Waals surface area (Å²) in [5, 5.41) is 11.6. The van der Waals surface area contributed by atoms with Crippen LogP contribution < -0.4 is 11.1 Å². The Bertz CT molecular complexity index is 614. The van der Waals surface area contributed by atoms with E-state index >= 15 is 0 Å². The summed E-state index contributed by atoms with van der Waals surface area (Å²) < 4.78 is 6.68. The lowest BCUT2D eigenvalue weighted by Gasteiger charge is -2.04. The highest BCUT2D eigenvalue weighted by molar-refractivity contribution is 5.72. The lowest BCUT2D eigenvalue weighted by molar-refractivity contribution is -0.137. The van der Waals surface area contributed by atoms with Crippen molar-refractivity contribution in [1.29, 1.82) is 0 Å². The van der Waals surface area contributed by atoms with Crippen LogP contribution in [0.4, 0.5) is 0 Å². The Morgan fingerprint density at radius 1 is 1.32 bits per heavy atom. The Labute approximate surface area is 109 Å². The summed E-state index contributed by atoms with van der Waals surface area (Å²) >= 11 is 0. The van der Waals surface area contributed by atoms with Crippen LogP contribution in [0.25, 0.3) is 11.1 Å². The average Bonchev–Trinajstić information content (AvgIpc) is 2.69. The van der Waals surface area contributed by atoms with E-state index in [9.17, 15) is 9.59 Å². The maximum Gasteiger partial charge on any atom is 0.419 e. The minimum absolute atomic E-state index is 0.154. The van der Waals surface area contributed by atoms with Gasteiger partial charge in [0.05, 0.1) is 5.52 Å². The number of benzene rings is 1. The molecule has 0 unspecified atom stereocenters. The van der Waals surface area contributed by atoms with Gasteiger partial charge in [-0.25, -0.2) is 4.79 Å². The number of oxazole rings is 1. The van der Waals surface area contributed by atoms with Crippen LogP contribution in [0.2, 0.25) is 0 Å². The first-order valence-corrected chi connectivity index (χ1v) is 6.19. The van der Waals surface area contributed by atoms with E-state index in [4.69, 9.17) is 9.52 Å². The summed E-state index contributed by atoms with van der Waals surface area (Å²) in [7, 11) is 0. The number of nitrogens with zero attached hydrogens (tertiary/aromatic N) is 1. The highest BCUT2D eigenvalue weighted by Crippen LogP contribution is 2.10. The van der Waals surface area contributed by atoms with Crippen LogP contribution in [0, 0.1) is 0 Å². The lowest BCUT2D eigenvalue weighted by Crippen LogP contribution is -2.25. The van der Waals surface area contributed by atoms with Gasteiger partial charge in [-0.3, -0.25) is 9.36 Å². The molecule has 0 aliphatic rings. The zero-order valence-corrected chi connectivity index (χ0v) is 10.5. The van der Waals surface area contributed by atoms with Crippen molar-refractivity contribution in [2.24, 2.45) is 0 Å². The Hall–Kier alpha value is -2.08. The molecule has 19 heavy (non-hydrogen) atoms. The molecule has 1 aromatic carbocycles. The molecule has 6 heteroatoms. The SMILES string of the molecule is O=C(O)CCCNCCn1c(=O)oc2ccccc21. The molecule has 0 aliphatic carbocycles. The van der Waals surface area contributed by atoms with Crippen molar-refractivity contribution in [1.82, 2.24) is 9.88 Å². The van der Waals surface area contributed by atoms with E-state index in [0.717, 1.165) is 5.52 Å². The predicted octanol–water partition coefficient (Wildman–Crippen LogP) is 1.05. The minimum Gasteiger partial charge on any atom is -0.481 e. The van der Waals surface area contributed by atoms with Crippen molar-refractivity contribution in [3.63, 3.8) is 0 Å². The van der Waals surface area contributed by atoms with Crippen LogP contribution >= 0.6 is 0 Å². The van der Waals surface area contributed by atoms with E-state index < -0.39 is 5.97 Å². The highest BCUT2D eigenvalue weighted by atomic mass is 16.4. The van der Waals surface area contributed by atoms with Gasteiger partial charge in [-0.05, 0) is 25.1 Å². The number of carboxylic acid groups (broad SMARTS) is 1. The van der Waals surface area contributed by atoms with Crippen LogP contribution in [0.5, 0.6) is 0 Å². The second-order valence-electron chi connectivity index (χ2n) is 4.23. The van der Waals surface area contributed by atoms with Gasteiger partial charge in [0.2, 0.25) is 0 Å². The fourth-order valence-electron chi connectivity index (χ4n) is 1.91. The van der Waals surface area contributed by atoms with Crippen molar-refractivity contribution >= 4 is 17.1 Å². The molecule has 0 atom stereocenters. The number of aliphatic carboxylic acids is 1. The average molecular weight is 264 g/mol. The van der Waals surface area contributed by atoms with E-state index in [1.807, 2.05) is 18.2 Å². The van der Waals surface area contributed by atoms with Crippen LogP contribution in [0.15, 0.2) is 33.5 Å². The standard InChI is InChI=1S/C13H16N2O4/c16-12(17)6-3-7-14-8-9-15-10-4-1-2-5-11(10)19-13(15)18/h1-2,4-5,14H,3,6-9H2,(H,16,17). The van der Waals surface area contributed by atoms with Crippen molar-refractivity contribution in [3.8, 4) is 0 Å². The van der Waals surface area contributed by atoms with Gasteiger partial charge in [0.15, 0.2) is 5.58 Å². The maximum atomic E-state index is 11.6. The van der Waals surface area contributed by atoms with E-state index in [2.05, 4.69) is 5.32 Å². The third-order valence-corrected chi connectivity index (χ3v) is 2.83. The molecule has 0 radical (unpaired) electrons. The molecule has 1 heterocycles. The lowest BCUT2D eigenvalue weighted by atomic mass is 10.3. The molecule has 2 N–H and O–H groups in total. The first-order chi connectivity index (χ1) is 9.18. The number of rotatable bonds is 7. The van der Waals surface area contributed by atoms with Gasteiger partial charge in [0.1, 0.15) is 0 Å². The fourth-order valence-corrected chi connectivity index (χ4v) is 1.91. The number of hydrogen-bond acceptors (Lipinski definition) is 4. The summed E-state index contributed by atoms with van der Waals surface area (Å²) in [6, 6.07) is 7.27. The molecule has 0 saturated heterocycles. The van der Waals surface area contributed by atoms with E-state index in [1.54, 1.807) is 10.6 Å². The molecule has 1 aromatic heterocycles. The largest absolute Gasteiger partial charge is 0.481 e. The normalized spacial score (nSPS) is 10.9. The molecule has 0 bridgehead atoms. The fraction of sp³-hybridized carbons (Fsp3) is 0.385. The van der Waals surface area contributed by atoms with Crippen LogP contribution in [-0.4, -0.2) is 28.7 Å². The third-order valence-electron chi connectivity index (χ3n) is 2.83. The number of hydrogen-bond donors (Lipinski definition) is 2. The number of para-hydroxylation sites is 2. The molecule has 0 saturated carbocycles. The van der Waals surface area contributed by atoms with Crippen LogP contribution in [0.3, 0.4) is 0 Å². The van der Waals surface area contributed by atoms with Crippen LogP contribution in [0.1, 0.15) is 12.8 Å². The first-order valence-electron chi connectivity index (χ1n) is 6.19. The highest BCUT2D eigenvalue weighted by Gasteiger charge is 2.07. The maximum absolute atomic E-state index is 11.6. The number of carboxylic acids is 1. The number of aromatic nitrogens is 1. The van der Waals surface area contributed by atoms with Gasteiger partial charge in [0.25, 0.3) is 0 Å². The summed E-state index contributed by atoms with van der Waals surface area (Å²) in [6.45, 7) is 1.73. The second-order valence-corrected chi connectivity index (χ2v) is 4.23. The van der Waals surface area contributed by atoms with Crippen molar-refractivity contribution < 1.29 is 14.3 Å². The van der Waals surface area contributed by atoms with Crippen molar-refractivity contribution in [2.45, 2.75) is 19.4 Å². The zero-order valence-electron chi connectivity index (χ0n) is 10.5. The minimum atomic E-state index is -0.793. The number of nitrogens with one attached hydrogen (secondary N) is 1. The van der Waals surface area contributed by atoms with Crippen molar-refractivity contribution in [3.05, 3.63) is 34.8 Å². The molecule has 0 aliphatic heterocycles. The molecular formula is C13H16N2O4. The molecule has 102 valence electrons. The van der Waals surface area contributed by atoms with Gasteiger partial charge < -0.3 is 14.8 Å². The summed E-state index contributed by atoms with van der Waals surface area (Å²) in [4.78, 5) is 22.0. The second kappa shape index (κ2) is 6.19. The topological polar surface area (TPSA) is 84.5 Å². The first kappa shape index (κ1) is 13.4. The molecule has 6 nitrogen and oxygen atoms in total. The predicted molar refractivity (Wildman–Crippen MR) is 70.2 cm³/mol. The summed E-state index contributed by atoms with van der Waals surface area (Å²) in [5.41, 5.74) is 1.36. The third kappa shape index (κ3) is 3.45. The zero-order chi connectivity index (χ0) is 13.7. The van der Waals surface area contributed by atoms with Gasteiger partial charge >= 0.3 is 11.7 Å². The van der Waals surface area contributed by atoms with Gasteiger partial charge in [0, 0.05) is 19.5 Å². The monoisotopic (exact) mass is 264 g/mol. The van der Waals surface area contributed by atoms with Gasteiger partial charge in [-0.15, -0.1) is 0 Å². The van der Waals surface area contributed by atoms with Crippen LogP contribution in [-0.2, 0) is 11.3 Å². The summed E-state index contributed by atoms with van der Waals surface area (Å²) in [6.07, 6.45) is 0.734. The van der Waals surface area contributed by atoms with Gasteiger partial charge in [-0.2, -0.15) is 0 Å². The van der Waals surface area contributed by atoms with E-state index in [1.165, 1.54) is 0 Å². The molecule has 0 fully saturated rings. The Morgan fingerprint density at radius 2 is 2.11 bits per heavy atom. The molecule has 0 amide bonds. The Kier molecular flexibility index (Phi) is 4.35. The Balaban J connectivity index is 1.86. The molecular weight excluding hydrogens is 248 g/mol. The van der Waals surface area contributed by atoms with E-state index in [-0.39, 0.29) is 12.2 Å². The smallest absolute Gasteiger partial charge is 0.419 e. The van der Waals surface area contributed by atoms with Crippen molar-refractivity contribution in [2.75, 3.05) is 13.1 Å². The molecule has 2 aromatic rings. The summed E-state index contributed by atoms with van der Waals surface area (Å²) in [5.74, 6) is -1.16. The van der Waals surface area contributed by atoms with E-state index in [0.29, 0.717) is 31.6 Å². The molecule has 2 rings (SSSR count). The van der Waals surface area contributed by atoms with Gasteiger partial charge in [-0.1, -0.05) is 12.1 Å². The number of carbonyl (C=O) groups is 1.